The van der Waals surface area contributed by atoms with E-state index in [9.17, 15) is 4.79 Å². The van der Waals surface area contributed by atoms with E-state index in [2.05, 4.69) is 44.7 Å². The fourth-order valence-electron chi connectivity index (χ4n) is 3.28. The lowest BCUT2D eigenvalue weighted by atomic mass is 10.2. The van der Waals surface area contributed by atoms with Gasteiger partial charge in [-0.1, -0.05) is 26.7 Å². The summed E-state index contributed by atoms with van der Waals surface area (Å²) in [5.74, 6) is 1.44. The normalized spacial score (nSPS) is 14.4. The van der Waals surface area contributed by atoms with E-state index in [1.807, 2.05) is 17.1 Å². The molecule has 1 saturated carbocycles. The molecular weight excluding hydrogens is 354 g/mol. The Hall–Kier alpha value is -2.64. The largest absolute Gasteiger partial charge is 0.367 e. The summed E-state index contributed by atoms with van der Waals surface area (Å²) in [6.07, 6.45) is 12.8. The van der Waals surface area contributed by atoms with Crippen LogP contribution in [-0.4, -0.2) is 44.6 Å². The molecule has 152 valence electrons. The van der Waals surface area contributed by atoms with Crippen molar-refractivity contribution in [2.24, 2.45) is 5.92 Å². The Morgan fingerprint density at radius 2 is 2.14 bits per heavy atom. The maximum atomic E-state index is 12.6. The predicted molar refractivity (Wildman–Crippen MR) is 110 cm³/mol. The zero-order valence-corrected chi connectivity index (χ0v) is 16.8. The number of nitrogens with one attached hydrogen (secondary N) is 3. The van der Waals surface area contributed by atoms with Crippen molar-refractivity contribution >= 4 is 17.7 Å². The minimum Gasteiger partial charge on any atom is -0.367 e. The maximum absolute atomic E-state index is 12.6. The predicted octanol–water partition coefficient (Wildman–Crippen LogP) is 2.92. The average Bonchev–Trinajstić information content (AvgIpc) is 3.37. The van der Waals surface area contributed by atoms with Gasteiger partial charge in [0.25, 0.3) is 5.91 Å². The molecule has 0 saturated heterocycles. The van der Waals surface area contributed by atoms with Gasteiger partial charge in [0.05, 0.1) is 6.33 Å². The van der Waals surface area contributed by atoms with Gasteiger partial charge in [0.1, 0.15) is 11.4 Å². The molecule has 0 unspecified atom stereocenters. The molecule has 2 aromatic heterocycles. The molecule has 3 rings (SSSR count). The number of carbonyl (C=O) groups is 1. The minimum atomic E-state index is -0.124. The van der Waals surface area contributed by atoms with Crippen LogP contribution in [0.25, 0.3) is 0 Å². The Kier molecular flexibility index (Phi) is 7.22. The van der Waals surface area contributed by atoms with Crippen LogP contribution >= 0.6 is 0 Å². The molecule has 1 aliphatic rings. The van der Waals surface area contributed by atoms with Crippen molar-refractivity contribution in [2.75, 3.05) is 23.7 Å². The summed E-state index contributed by atoms with van der Waals surface area (Å²) >= 11 is 0. The van der Waals surface area contributed by atoms with Crippen molar-refractivity contribution in [2.45, 2.75) is 58.5 Å². The van der Waals surface area contributed by atoms with E-state index in [1.54, 1.807) is 12.4 Å². The smallest absolute Gasteiger partial charge is 0.256 e. The van der Waals surface area contributed by atoms with Crippen LogP contribution < -0.4 is 16.0 Å². The van der Waals surface area contributed by atoms with Crippen molar-refractivity contribution in [3.63, 3.8) is 0 Å². The van der Waals surface area contributed by atoms with Gasteiger partial charge < -0.3 is 20.5 Å². The quantitative estimate of drug-likeness (QED) is 0.544. The molecule has 2 aromatic rings. The van der Waals surface area contributed by atoms with E-state index in [-0.39, 0.29) is 5.91 Å². The third-order valence-corrected chi connectivity index (χ3v) is 4.84. The zero-order valence-electron chi connectivity index (χ0n) is 16.8. The highest BCUT2D eigenvalue weighted by molar-refractivity contribution is 5.98. The van der Waals surface area contributed by atoms with Gasteiger partial charge in [0, 0.05) is 44.3 Å². The van der Waals surface area contributed by atoms with Gasteiger partial charge in [-0.05, 0) is 25.2 Å². The first-order chi connectivity index (χ1) is 13.6. The fourth-order valence-corrected chi connectivity index (χ4v) is 3.28. The Labute approximate surface area is 166 Å². The maximum Gasteiger partial charge on any atom is 0.256 e. The number of imidazole rings is 1. The second kappa shape index (κ2) is 10.1. The Morgan fingerprint density at radius 1 is 1.32 bits per heavy atom. The molecule has 0 aromatic carbocycles. The summed E-state index contributed by atoms with van der Waals surface area (Å²) in [5.41, 5.74) is 0.511. The van der Waals surface area contributed by atoms with Gasteiger partial charge in [0.2, 0.25) is 5.95 Å². The third-order valence-electron chi connectivity index (χ3n) is 4.84. The van der Waals surface area contributed by atoms with Crippen LogP contribution in [0.2, 0.25) is 0 Å². The Bertz CT molecular complexity index is 739. The standard InChI is InChI=1S/C20H31N7O/c1-15(2)12-23-19(28)17-13-24-20(22-8-5-10-27-11-9-21-14-27)26-18(17)25-16-6-3-4-7-16/h9,11,13-16H,3-8,10,12H2,1-2H3,(H,23,28)(H2,22,24,25,26). The first-order valence-electron chi connectivity index (χ1n) is 10.2. The molecule has 1 amide bonds. The monoisotopic (exact) mass is 385 g/mol. The van der Waals surface area contributed by atoms with Crippen LogP contribution in [0.1, 0.15) is 56.3 Å². The summed E-state index contributed by atoms with van der Waals surface area (Å²) < 4.78 is 2.04. The van der Waals surface area contributed by atoms with E-state index in [1.165, 1.54) is 12.8 Å². The SMILES string of the molecule is CC(C)CNC(=O)c1cnc(NCCCn2ccnc2)nc1NC1CCCC1. The lowest BCUT2D eigenvalue weighted by Gasteiger charge is -2.17. The van der Waals surface area contributed by atoms with Crippen LogP contribution in [0.15, 0.2) is 24.9 Å². The van der Waals surface area contributed by atoms with Gasteiger partial charge >= 0.3 is 0 Å². The second-order valence-electron chi connectivity index (χ2n) is 7.77. The van der Waals surface area contributed by atoms with Crippen LogP contribution in [0, 0.1) is 5.92 Å². The number of anilines is 2. The topological polar surface area (TPSA) is 96.8 Å². The molecule has 1 aliphatic carbocycles. The molecule has 2 heterocycles. The molecule has 0 spiro atoms. The third kappa shape index (κ3) is 5.94. The van der Waals surface area contributed by atoms with Crippen LogP contribution in [0.3, 0.4) is 0 Å². The number of hydrogen-bond acceptors (Lipinski definition) is 6. The van der Waals surface area contributed by atoms with E-state index in [0.717, 1.165) is 32.4 Å². The van der Waals surface area contributed by atoms with Gasteiger partial charge in [-0.3, -0.25) is 4.79 Å². The number of rotatable bonds is 10. The minimum absolute atomic E-state index is 0.124. The van der Waals surface area contributed by atoms with Crippen LogP contribution in [0.4, 0.5) is 11.8 Å². The van der Waals surface area contributed by atoms with E-state index >= 15 is 0 Å². The molecule has 0 aliphatic heterocycles. The summed E-state index contributed by atoms with van der Waals surface area (Å²) in [7, 11) is 0. The van der Waals surface area contributed by atoms with Crippen molar-refractivity contribution in [3.05, 3.63) is 30.5 Å². The molecule has 28 heavy (non-hydrogen) atoms. The summed E-state index contributed by atoms with van der Waals surface area (Å²) in [5, 5.41) is 9.69. The molecule has 1 fully saturated rings. The van der Waals surface area contributed by atoms with Gasteiger partial charge in [0.15, 0.2) is 0 Å². The second-order valence-corrected chi connectivity index (χ2v) is 7.77. The number of carbonyl (C=O) groups excluding carboxylic acids is 1. The lowest BCUT2D eigenvalue weighted by Crippen LogP contribution is -2.29. The van der Waals surface area contributed by atoms with E-state index < -0.39 is 0 Å². The number of nitrogens with zero attached hydrogens (tertiary/aromatic N) is 4. The summed E-state index contributed by atoms with van der Waals surface area (Å²) in [4.78, 5) is 25.6. The number of aryl methyl sites for hydroxylation is 1. The van der Waals surface area contributed by atoms with E-state index in [0.29, 0.717) is 35.8 Å². The van der Waals surface area contributed by atoms with Gasteiger partial charge in [-0.25, -0.2) is 9.97 Å². The van der Waals surface area contributed by atoms with Crippen LogP contribution in [0.5, 0.6) is 0 Å². The highest BCUT2D eigenvalue weighted by Gasteiger charge is 2.20. The van der Waals surface area contributed by atoms with E-state index in [4.69, 9.17) is 0 Å². The highest BCUT2D eigenvalue weighted by atomic mass is 16.1. The molecule has 8 nitrogen and oxygen atoms in total. The molecular formula is C20H31N7O. The first-order valence-corrected chi connectivity index (χ1v) is 10.2. The Morgan fingerprint density at radius 3 is 2.86 bits per heavy atom. The van der Waals surface area contributed by atoms with Gasteiger partial charge in [-0.15, -0.1) is 0 Å². The molecule has 8 heteroatoms. The van der Waals surface area contributed by atoms with Crippen LogP contribution in [-0.2, 0) is 6.54 Å². The summed E-state index contributed by atoms with van der Waals surface area (Å²) in [6.45, 7) is 6.42. The Balaban J connectivity index is 1.62. The molecule has 0 radical (unpaired) electrons. The molecule has 0 atom stereocenters. The molecule has 3 N–H and O–H groups in total. The fraction of sp³-hybridized carbons (Fsp3) is 0.600. The average molecular weight is 386 g/mol. The number of amides is 1. The summed E-state index contributed by atoms with van der Waals surface area (Å²) in [6, 6.07) is 0.376. The zero-order chi connectivity index (χ0) is 19.8. The number of aromatic nitrogens is 4. The first kappa shape index (κ1) is 20.1. The number of hydrogen-bond donors (Lipinski definition) is 3. The van der Waals surface area contributed by atoms with Crippen molar-refractivity contribution in [3.8, 4) is 0 Å². The van der Waals surface area contributed by atoms with Crippen molar-refractivity contribution < 1.29 is 4.79 Å². The lowest BCUT2D eigenvalue weighted by molar-refractivity contribution is 0.0949. The van der Waals surface area contributed by atoms with Crippen molar-refractivity contribution in [1.29, 1.82) is 0 Å². The highest BCUT2D eigenvalue weighted by Crippen LogP contribution is 2.23. The van der Waals surface area contributed by atoms with Gasteiger partial charge in [-0.2, -0.15) is 4.98 Å². The van der Waals surface area contributed by atoms with Crippen molar-refractivity contribution in [1.82, 2.24) is 24.8 Å². The molecule has 0 bridgehead atoms.